The van der Waals surface area contributed by atoms with E-state index in [9.17, 15) is 0 Å². The van der Waals surface area contributed by atoms with Gasteiger partial charge >= 0.3 is 0 Å². The van der Waals surface area contributed by atoms with E-state index in [2.05, 4.69) is 71.1 Å². The number of hydrogen-bond donors (Lipinski definition) is 1. The van der Waals surface area contributed by atoms with E-state index in [0.29, 0.717) is 6.04 Å². The van der Waals surface area contributed by atoms with Crippen molar-refractivity contribution in [2.45, 2.75) is 17.4 Å². The average Bonchev–Trinajstić information content (AvgIpc) is 2.86. The lowest BCUT2D eigenvalue weighted by molar-refractivity contribution is 0.241. The van der Waals surface area contributed by atoms with Crippen LogP contribution in [0.5, 0.6) is 0 Å². The molecule has 0 radical (unpaired) electrons. The predicted octanol–water partition coefficient (Wildman–Crippen LogP) is 3.79. The first-order valence-electron chi connectivity index (χ1n) is 8.02. The van der Waals surface area contributed by atoms with Gasteiger partial charge in [0.05, 0.1) is 6.04 Å². The molecular formula is C19H24N2S. The Kier molecular flexibility index (Phi) is 5.54. The van der Waals surface area contributed by atoms with Crippen molar-refractivity contribution in [2.75, 3.05) is 32.4 Å². The first-order chi connectivity index (χ1) is 10.9. The van der Waals surface area contributed by atoms with E-state index in [1.165, 1.54) is 22.4 Å². The van der Waals surface area contributed by atoms with E-state index in [1.807, 2.05) is 0 Å². The molecule has 2 nitrogen and oxygen atoms in total. The van der Waals surface area contributed by atoms with Crippen LogP contribution in [0.2, 0.25) is 0 Å². The summed E-state index contributed by atoms with van der Waals surface area (Å²) in [5, 5.41) is 3.51. The van der Waals surface area contributed by atoms with Crippen LogP contribution < -0.4 is 5.32 Å². The van der Waals surface area contributed by atoms with Gasteiger partial charge in [0.2, 0.25) is 0 Å². The van der Waals surface area contributed by atoms with Gasteiger partial charge in [-0.05, 0) is 42.5 Å². The molecule has 22 heavy (non-hydrogen) atoms. The third kappa shape index (κ3) is 3.72. The van der Waals surface area contributed by atoms with E-state index in [0.717, 1.165) is 26.2 Å². The molecule has 0 amide bonds. The van der Waals surface area contributed by atoms with Crippen LogP contribution in [0.1, 0.15) is 23.6 Å². The van der Waals surface area contributed by atoms with Crippen LogP contribution in [0.3, 0.4) is 0 Å². The summed E-state index contributed by atoms with van der Waals surface area (Å²) in [6.45, 7) is 4.45. The van der Waals surface area contributed by atoms with Crippen LogP contribution in [0.15, 0.2) is 59.5 Å². The van der Waals surface area contributed by atoms with Gasteiger partial charge in [0.1, 0.15) is 0 Å². The Morgan fingerprint density at radius 2 is 1.64 bits per heavy atom. The van der Waals surface area contributed by atoms with E-state index >= 15 is 0 Å². The molecule has 1 aliphatic rings. The van der Waals surface area contributed by atoms with Crippen molar-refractivity contribution in [3.05, 3.63) is 65.7 Å². The second kappa shape index (κ2) is 7.82. The molecule has 1 saturated heterocycles. The quantitative estimate of drug-likeness (QED) is 0.865. The standard InChI is InChI=1S/C19H24N2S/c1-22-18-10-8-17(9-11-18)19(16-6-3-2-4-7-16)21-14-5-12-20-13-15-21/h2-4,6-11,19-20H,5,12-15H2,1H3. The van der Waals surface area contributed by atoms with Crippen molar-refractivity contribution >= 4 is 11.8 Å². The van der Waals surface area contributed by atoms with Crippen molar-refractivity contribution in [3.8, 4) is 0 Å². The fourth-order valence-electron chi connectivity index (χ4n) is 3.16. The molecule has 0 saturated carbocycles. The van der Waals surface area contributed by atoms with Crippen molar-refractivity contribution in [3.63, 3.8) is 0 Å². The minimum Gasteiger partial charge on any atom is -0.315 e. The normalized spacial score (nSPS) is 17.9. The van der Waals surface area contributed by atoms with Gasteiger partial charge in [-0.1, -0.05) is 42.5 Å². The fourth-order valence-corrected chi connectivity index (χ4v) is 3.57. The molecule has 0 aromatic heterocycles. The zero-order valence-electron chi connectivity index (χ0n) is 13.2. The van der Waals surface area contributed by atoms with Gasteiger partial charge in [0.25, 0.3) is 0 Å². The van der Waals surface area contributed by atoms with Crippen LogP contribution in [-0.2, 0) is 0 Å². The second-order valence-corrected chi connectivity index (χ2v) is 6.61. The van der Waals surface area contributed by atoms with Gasteiger partial charge in [-0.25, -0.2) is 0 Å². The molecule has 1 heterocycles. The smallest absolute Gasteiger partial charge is 0.0602 e. The van der Waals surface area contributed by atoms with E-state index in [1.54, 1.807) is 11.8 Å². The van der Waals surface area contributed by atoms with Gasteiger partial charge in [-0.2, -0.15) is 0 Å². The molecule has 2 aromatic carbocycles. The van der Waals surface area contributed by atoms with Gasteiger partial charge in [-0.15, -0.1) is 11.8 Å². The van der Waals surface area contributed by atoms with Crippen molar-refractivity contribution in [1.29, 1.82) is 0 Å². The van der Waals surface area contributed by atoms with Gasteiger partial charge in [-0.3, -0.25) is 4.90 Å². The van der Waals surface area contributed by atoms with Gasteiger partial charge < -0.3 is 5.32 Å². The van der Waals surface area contributed by atoms with Crippen LogP contribution >= 0.6 is 11.8 Å². The molecule has 0 aliphatic carbocycles. The molecule has 0 bridgehead atoms. The van der Waals surface area contributed by atoms with Gasteiger partial charge in [0.15, 0.2) is 0 Å². The minimum atomic E-state index is 0.358. The van der Waals surface area contributed by atoms with Crippen LogP contribution in [0.4, 0.5) is 0 Å². The van der Waals surface area contributed by atoms with E-state index < -0.39 is 0 Å². The molecule has 1 atom stereocenters. The highest BCUT2D eigenvalue weighted by Crippen LogP contribution is 2.30. The third-order valence-corrected chi connectivity index (χ3v) is 5.03. The fraction of sp³-hybridized carbons (Fsp3) is 0.368. The molecule has 116 valence electrons. The molecule has 3 heteroatoms. The Labute approximate surface area is 137 Å². The van der Waals surface area contributed by atoms with Crippen LogP contribution in [0.25, 0.3) is 0 Å². The zero-order valence-corrected chi connectivity index (χ0v) is 14.0. The average molecular weight is 312 g/mol. The largest absolute Gasteiger partial charge is 0.315 e. The number of benzene rings is 2. The molecule has 1 unspecified atom stereocenters. The highest BCUT2D eigenvalue weighted by atomic mass is 32.2. The molecule has 1 aliphatic heterocycles. The summed E-state index contributed by atoms with van der Waals surface area (Å²) >= 11 is 1.80. The first kappa shape index (κ1) is 15.6. The number of rotatable bonds is 4. The zero-order chi connectivity index (χ0) is 15.2. The highest BCUT2D eigenvalue weighted by Gasteiger charge is 2.22. The number of hydrogen-bond acceptors (Lipinski definition) is 3. The lowest BCUT2D eigenvalue weighted by Gasteiger charge is -2.31. The first-order valence-corrected chi connectivity index (χ1v) is 9.24. The Morgan fingerprint density at radius 1 is 0.909 bits per heavy atom. The van der Waals surface area contributed by atoms with Gasteiger partial charge in [0, 0.05) is 24.5 Å². The molecule has 0 spiro atoms. The number of thioether (sulfide) groups is 1. The van der Waals surface area contributed by atoms with Crippen molar-refractivity contribution in [2.24, 2.45) is 0 Å². The maximum atomic E-state index is 3.51. The highest BCUT2D eigenvalue weighted by molar-refractivity contribution is 7.98. The SMILES string of the molecule is CSc1ccc(C(c2ccccc2)N2CCCNCC2)cc1. The topological polar surface area (TPSA) is 15.3 Å². The maximum absolute atomic E-state index is 3.51. The molecular weight excluding hydrogens is 288 g/mol. The van der Waals surface area contributed by atoms with Crippen molar-refractivity contribution in [1.82, 2.24) is 10.2 Å². The van der Waals surface area contributed by atoms with Crippen LogP contribution in [-0.4, -0.2) is 37.3 Å². The maximum Gasteiger partial charge on any atom is 0.0602 e. The monoisotopic (exact) mass is 312 g/mol. The molecule has 3 rings (SSSR count). The lowest BCUT2D eigenvalue weighted by atomic mass is 9.97. The third-order valence-electron chi connectivity index (χ3n) is 4.29. The summed E-state index contributed by atoms with van der Waals surface area (Å²) in [5.41, 5.74) is 2.78. The van der Waals surface area contributed by atoms with E-state index in [4.69, 9.17) is 0 Å². The Balaban J connectivity index is 1.94. The Hall–Kier alpha value is -1.29. The summed E-state index contributed by atoms with van der Waals surface area (Å²) in [5.74, 6) is 0. The number of nitrogens with zero attached hydrogens (tertiary/aromatic N) is 1. The summed E-state index contributed by atoms with van der Waals surface area (Å²) in [6.07, 6.45) is 3.34. The lowest BCUT2D eigenvalue weighted by Crippen LogP contribution is -2.33. The summed E-state index contributed by atoms with van der Waals surface area (Å²) in [7, 11) is 0. The minimum absolute atomic E-state index is 0.358. The molecule has 1 fully saturated rings. The van der Waals surface area contributed by atoms with Crippen molar-refractivity contribution < 1.29 is 0 Å². The Bertz CT molecular complexity index is 560. The molecule has 2 aromatic rings. The summed E-state index contributed by atoms with van der Waals surface area (Å²) in [4.78, 5) is 3.94. The second-order valence-electron chi connectivity index (χ2n) is 5.73. The van der Waals surface area contributed by atoms with E-state index in [-0.39, 0.29) is 0 Å². The Morgan fingerprint density at radius 3 is 2.36 bits per heavy atom. The predicted molar refractivity (Wildman–Crippen MR) is 95.6 cm³/mol. The summed E-state index contributed by atoms with van der Waals surface area (Å²) in [6, 6.07) is 20.3. The number of nitrogens with one attached hydrogen (secondary N) is 1. The summed E-state index contributed by atoms with van der Waals surface area (Å²) < 4.78 is 0. The molecule has 1 N–H and O–H groups in total. The van der Waals surface area contributed by atoms with Crippen LogP contribution in [0, 0.1) is 0 Å².